The van der Waals surface area contributed by atoms with E-state index in [2.05, 4.69) is 27.5 Å². The molecule has 1 aliphatic rings. The van der Waals surface area contributed by atoms with Gasteiger partial charge in [-0.1, -0.05) is 13.3 Å². The molecule has 2 heterocycles. The fraction of sp³-hybridized carbons (Fsp3) is 0.600. The summed E-state index contributed by atoms with van der Waals surface area (Å²) in [5.74, 6) is 0.996. The number of rotatable bonds is 5. The summed E-state index contributed by atoms with van der Waals surface area (Å²) in [4.78, 5) is 10.3. The summed E-state index contributed by atoms with van der Waals surface area (Å²) < 4.78 is 13.7. The Labute approximate surface area is 148 Å². The lowest BCUT2D eigenvalue weighted by atomic mass is 10.3. The predicted molar refractivity (Wildman–Crippen MR) is 99.6 cm³/mol. The highest BCUT2D eigenvalue weighted by atomic mass is 127. The third kappa shape index (κ3) is 5.26. The van der Waals surface area contributed by atoms with Crippen LogP contribution in [0, 0.1) is 5.82 Å². The van der Waals surface area contributed by atoms with Gasteiger partial charge < -0.3 is 15.5 Å². The second-order valence-electron chi connectivity index (χ2n) is 5.24. The lowest BCUT2D eigenvalue weighted by molar-refractivity contribution is 0.612. The zero-order valence-electron chi connectivity index (χ0n) is 13.2. The van der Waals surface area contributed by atoms with Crippen LogP contribution >= 0.6 is 24.0 Å². The van der Waals surface area contributed by atoms with Crippen LogP contribution in [0.25, 0.3) is 0 Å². The van der Waals surface area contributed by atoms with Crippen LogP contribution in [-0.4, -0.2) is 43.7 Å². The minimum Gasteiger partial charge on any atom is -0.356 e. The van der Waals surface area contributed by atoms with Crippen molar-refractivity contribution in [2.45, 2.75) is 32.2 Å². The highest BCUT2D eigenvalue weighted by molar-refractivity contribution is 14.0. The van der Waals surface area contributed by atoms with E-state index in [1.807, 2.05) is 4.90 Å². The number of nitrogens with zero attached hydrogens (tertiary/aromatic N) is 3. The molecule has 2 rings (SSSR count). The lowest BCUT2D eigenvalue weighted by Crippen LogP contribution is -2.44. The zero-order chi connectivity index (χ0) is 15.1. The maximum absolute atomic E-state index is 13.7. The number of nitrogens with one attached hydrogen (secondary N) is 2. The topological polar surface area (TPSA) is 52.6 Å². The molecule has 2 N–H and O–H groups in total. The van der Waals surface area contributed by atoms with Crippen molar-refractivity contribution in [3.8, 4) is 0 Å². The Morgan fingerprint density at radius 3 is 3.05 bits per heavy atom. The Hall–Kier alpha value is -1.12. The van der Waals surface area contributed by atoms with Crippen LogP contribution in [0.3, 0.4) is 0 Å². The van der Waals surface area contributed by atoms with Crippen molar-refractivity contribution < 1.29 is 4.39 Å². The molecule has 22 heavy (non-hydrogen) atoms. The van der Waals surface area contributed by atoms with Crippen molar-refractivity contribution in [3.63, 3.8) is 0 Å². The van der Waals surface area contributed by atoms with Gasteiger partial charge >= 0.3 is 0 Å². The van der Waals surface area contributed by atoms with Gasteiger partial charge in [0.05, 0.1) is 0 Å². The molecule has 0 aliphatic carbocycles. The average Bonchev–Trinajstić information content (AvgIpc) is 2.95. The molecule has 124 valence electrons. The Morgan fingerprint density at radius 1 is 1.55 bits per heavy atom. The fourth-order valence-corrected chi connectivity index (χ4v) is 2.45. The number of aromatic nitrogens is 1. The molecular weight excluding hydrogens is 396 g/mol. The molecule has 0 bridgehead atoms. The number of halogens is 2. The van der Waals surface area contributed by atoms with E-state index in [1.165, 1.54) is 6.07 Å². The van der Waals surface area contributed by atoms with Crippen molar-refractivity contribution in [1.82, 2.24) is 15.6 Å². The van der Waals surface area contributed by atoms with E-state index in [4.69, 9.17) is 0 Å². The number of hydrogen-bond donors (Lipinski definition) is 2. The summed E-state index contributed by atoms with van der Waals surface area (Å²) in [6.45, 7) is 4.62. The van der Waals surface area contributed by atoms with E-state index in [0.717, 1.165) is 44.9 Å². The van der Waals surface area contributed by atoms with E-state index in [0.29, 0.717) is 5.82 Å². The first kappa shape index (κ1) is 18.9. The molecule has 1 aliphatic heterocycles. The second-order valence-corrected chi connectivity index (χ2v) is 5.24. The number of unbranched alkanes of at least 4 members (excludes halogenated alkanes) is 1. The van der Waals surface area contributed by atoms with Gasteiger partial charge in [-0.25, -0.2) is 9.37 Å². The highest BCUT2D eigenvalue weighted by Gasteiger charge is 2.25. The van der Waals surface area contributed by atoms with Crippen LogP contribution in [0.2, 0.25) is 0 Å². The molecule has 1 fully saturated rings. The van der Waals surface area contributed by atoms with Gasteiger partial charge in [0.1, 0.15) is 0 Å². The first-order chi connectivity index (χ1) is 10.2. The number of guanidine groups is 1. The predicted octanol–water partition coefficient (Wildman–Crippen LogP) is 2.38. The molecule has 0 aromatic carbocycles. The number of aliphatic imine (C=N–C) groups is 1. The van der Waals surface area contributed by atoms with Crippen molar-refractivity contribution in [2.24, 2.45) is 4.99 Å². The Bertz CT molecular complexity index is 483. The molecule has 1 aromatic rings. The Morgan fingerprint density at radius 2 is 2.36 bits per heavy atom. The van der Waals surface area contributed by atoms with Gasteiger partial charge in [-0.3, -0.25) is 4.99 Å². The van der Waals surface area contributed by atoms with E-state index in [-0.39, 0.29) is 35.8 Å². The van der Waals surface area contributed by atoms with Crippen LogP contribution in [0.4, 0.5) is 10.2 Å². The Balaban J connectivity index is 0.00000242. The first-order valence-electron chi connectivity index (χ1n) is 7.57. The van der Waals surface area contributed by atoms with E-state index in [9.17, 15) is 4.39 Å². The average molecular weight is 421 g/mol. The van der Waals surface area contributed by atoms with Crippen molar-refractivity contribution in [3.05, 3.63) is 24.1 Å². The fourth-order valence-electron chi connectivity index (χ4n) is 2.45. The largest absolute Gasteiger partial charge is 0.356 e. The van der Waals surface area contributed by atoms with Gasteiger partial charge in [-0.05, 0) is 25.0 Å². The molecule has 7 heteroatoms. The van der Waals surface area contributed by atoms with Gasteiger partial charge in [0.25, 0.3) is 0 Å². The normalized spacial score (nSPS) is 18.0. The molecular formula is C15H25FIN5. The summed E-state index contributed by atoms with van der Waals surface area (Å²) in [6, 6.07) is 3.33. The number of anilines is 1. The quantitative estimate of drug-likeness (QED) is 0.332. The monoisotopic (exact) mass is 421 g/mol. The zero-order valence-corrected chi connectivity index (χ0v) is 15.5. The van der Waals surface area contributed by atoms with Gasteiger partial charge in [0, 0.05) is 38.9 Å². The smallest absolute Gasteiger partial charge is 0.191 e. The maximum atomic E-state index is 13.7. The van der Waals surface area contributed by atoms with Crippen molar-refractivity contribution >= 4 is 35.8 Å². The molecule has 5 nitrogen and oxygen atoms in total. The minimum atomic E-state index is -0.261. The van der Waals surface area contributed by atoms with Crippen LogP contribution in [-0.2, 0) is 0 Å². The van der Waals surface area contributed by atoms with Gasteiger partial charge in [0.15, 0.2) is 17.6 Å². The minimum absolute atomic E-state index is 0. The van der Waals surface area contributed by atoms with Crippen molar-refractivity contribution in [1.29, 1.82) is 0 Å². The Kier molecular flexibility index (Phi) is 8.44. The molecule has 1 unspecified atom stereocenters. The highest BCUT2D eigenvalue weighted by Crippen LogP contribution is 2.20. The number of hydrogen-bond acceptors (Lipinski definition) is 3. The maximum Gasteiger partial charge on any atom is 0.191 e. The summed E-state index contributed by atoms with van der Waals surface area (Å²) in [5.41, 5.74) is 0. The van der Waals surface area contributed by atoms with Crippen LogP contribution in [0.5, 0.6) is 0 Å². The van der Waals surface area contributed by atoms with Gasteiger partial charge in [-0.15, -0.1) is 24.0 Å². The SMILES string of the molecule is CCCCNC(=NC)NC1CCN(c2ncccc2F)C1.I. The summed E-state index contributed by atoms with van der Waals surface area (Å²) >= 11 is 0. The first-order valence-corrected chi connectivity index (χ1v) is 7.57. The van der Waals surface area contributed by atoms with Crippen LogP contribution in [0.1, 0.15) is 26.2 Å². The third-order valence-corrected chi connectivity index (χ3v) is 3.61. The van der Waals surface area contributed by atoms with Crippen LogP contribution in [0.15, 0.2) is 23.3 Å². The van der Waals surface area contributed by atoms with Gasteiger partial charge in [-0.2, -0.15) is 0 Å². The molecule has 0 spiro atoms. The van der Waals surface area contributed by atoms with E-state index >= 15 is 0 Å². The van der Waals surface area contributed by atoms with E-state index < -0.39 is 0 Å². The molecule has 1 saturated heterocycles. The molecule has 0 radical (unpaired) electrons. The van der Waals surface area contributed by atoms with Crippen LogP contribution < -0.4 is 15.5 Å². The van der Waals surface area contributed by atoms with E-state index in [1.54, 1.807) is 19.3 Å². The van der Waals surface area contributed by atoms with Gasteiger partial charge in [0.2, 0.25) is 0 Å². The standard InChI is InChI=1S/C15H24FN5.HI/c1-3-4-8-19-15(17-2)20-12-7-10-21(11-12)14-13(16)6-5-9-18-14;/h5-6,9,12H,3-4,7-8,10-11H2,1-2H3,(H2,17,19,20);1H. The summed E-state index contributed by atoms with van der Waals surface area (Å²) in [5, 5.41) is 6.68. The second kappa shape index (κ2) is 9.81. The number of pyridine rings is 1. The molecule has 0 saturated carbocycles. The van der Waals surface area contributed by atoms with Crippen molar-refractivity contribution in [2.75, 3.05) is 31.6 Å². The lowest BCUT2D eigenvalue weighted by Gasteiger charge is -2.19. The third-order valence-electron chi connectivity index (χ3n) is 3.61. The molecule has 1 aromatic heterocycles. The summed E-state index contributed by atoms with van der Waals surface area (Å²) in [6.07, 6.45) is 4.85. The molecule has 0 amide bonds. The summed E-state index contributed by atoms with van der Waals surface area (Å²) in [7, 11) is 1.77. The molecule has 1 atom stereocenters.